The van der Waals surface area contributed by atoms with Gasteiger partial charge in [-0.3, -0.25) is 0 Å². The molecule has 0 aliphatic carbocycles. The van der Waals surface area contributed by atoms with Crippen molar-refractivity contribution in [3.8, 4) is 0 Å². The van der Waals surface area contributed by atoms with E-state index in [1.807, 2.05) is 0 Å². The molecule has 1 amide bonds. The molecule has 14 heavy (non-hydrogen) atoms. The summed E-state index contributed by atoms with van der Waals surface area (Å²) in [7, 11) is -3.68. The number of benzene rings is 1. The van der Waals surface area contributed by atoms with E-state index in [-0.39, 0.29) is 47.4 Å². The van der Waals surface area contributed by atoms with Crippen LogP contribution in [0.1, 0.15) is 17.8 Å². The zero-order valence-electron chi connectivity index (χ0n) is 6.89. The van der Waals surface area contributed by atoms with E-state index < -0.39 is 15.9 Å². The summed E-state index contributed by atoms with van der Waals surface area (Å²) in [6.45, 7) is 0. The van der Waals surface area contributed by atoms with Gasteiger partial charge in [-0.15, -0.1) is 0 Å². The summed E-state index contributed by atoms with van der Waals surface area (Å²) < 4.78 is 25.2. The van der Waals surface area contributed by atoms with Crippen molar-refractivity contribution >= 4 is 15.9 Å². The van der Waals surface area contributed by atoms with Crippen molar-refractivity contribution < 1.29 is 42.8 Å². The number of sulfonamides is 1. The number of carbonyl (C=O) groups excluding carboxylic acids is 1. The van der Waals surface area contributed by atoms with Crippen LogP contribution in [0.3, 0.4) is 0 Å². The normalized spacial score (nSPS) is 15.9. The van der Waals surface area contributed by atoms with Gasteiger partial charge in [-0.25, -0.2) is 8.42 Å². The predicted octanol–water partition coefficient (Wildman–Crippen LogP) is -1.46. The monoisotopic (exact) mass is 221 g/mol. The summed E-state index contributed by atoms with van der Waals surface area (Å²) in [6.07, 6.45) is 0. The van der Waals surface area contributed by atoms with Gasteiger partial charge in [0.15, 0.2) is 0 Å². The molecule has 0 radical (unpaired) electrons. The standard InChI is InChI=1S/C7H5NO3S.CH4.Na/c9-7-5-3-1-2-4-6(5)12(10,11)8-7;;/h1-4H,(H,8,9);1H4;/q;;+1/p-1. The number of carbonyl (C=O) groups is 1. The van der Waals surface area contributed by atoms with E-state index in [2.05, 4.69) is 4.72 Å². The Labute approximate surface area is 105 Å². The Morgan fingerprint density at radius 2 is 1.71 bits per heavy atom. The maximum Gasteiger partial charge on any atom is 1.00 e. The van der Waals surface area contributed by atoms with E-state index in [4.69, 9.17) is 0 Å². The molecule has 0 spiro atoms. The van der Waals surface area contributed by atoms with Crippen molar-refractivity contribution in [3.63, 3.8) is 0 Å². The predicted molar refractivity (Wildman–Crippen MR) is 48.0 cm³/mol. The third kappa shape index (κ3) is 2.00. The number of nitrogens with zero attached hydrogens (tertiary/aromatic N) is 1. The van der Waals surface area contributed by atoms with E-state index in [0.717, 1.165) is 0 Å². The first-order valence-corrected chi connectivity index (χ1v) is 4.67. The van der Waals surface area contributed by atoms with Crippen molar-refractivity contribution in [3.05, 3.63) is 34.6 Å². The molecule has 2 rings (SSSR count). The van der Waals surface area contributed by atoms with Crippen LogP contribution in [0.15, 0.2) is 29.2 Å². The number of hydrogen-bond donors (Lipinski definition) is 0. The minimum absolute atomic E-state index is 0. The largest absolute Gasteiger partial charge is 1.00 e. The van der Waals surface area contributed by atoms with Gasteiger partial charge in [0.2, 0.25) is 0 Å². The molecule has 70 valence electrons. The maximum absolute atomic E-state index is 11.1. The van der Waals surface area contributed by atoms with E-state index in [0.29, 0.717) is 0 Å². The van der Waals surface area contributed by atoms with Gasteiger partial charge in [0.05, 0.1) is 10.8 Å². The molecule has 0 N–H and O–H groups in total. The average Bonchev–Trinajstić information content (AvgIpc) is 2.25. The minimum atomic E-state index is -3.68. The van der Waals surface area contributed by atoms with Crippen LogP contribution in [-0.2, 0) is 10.0 Å². The molecule has 6 heteroatoms. The number of rotatable bonds is 0. The van der Waals surface area contributed by atoms with E-state index >= 15 is 0 Å². The first-order valence-electron chi connectivity index (χ1n) is 3.23. The fraction of sp³-hybridized carbons (Fsp3) is 0.125. The molecule has 0 fully saturated rings. The molecular weight excluding hydrogens is 213 g/mol. The van der Waals surface area contributed by atoms with Crippen molar-refractivity contribution in [2.45, 2.75) is 12.3 Å². The summed E-state index contributed by atoms with van der Waals surface area (Å²) >= 11 is 0. The Bertz CT molecular complexity index is 455. The Kier molecular flexibility index (Phi) is 4.33. The molecule has 1 aliphatic rings. The number of amides is 1. The van der Waals surface area contributed by atoms with Crippen LogP contribution in [-0.4, -0.2) is 14.3 Å². The second-order valence-corrected chi connectivity index (χ2v) is 3.94. The Morgan fingerprint density at radius 1 is 1.14 bits per heavy atom. The van der Waals surface area contributed by atoms with Crippen LogP contribution in [0.4, 0.5) is 0 Å². The van der Waals surface area contributed by atoms with Gasteiger partial charge in [-0.2, -0.15) is 0 Å². The van der Waals surface area contributed by atoms with Crippen LogP contribution in [0.5, 0.6) is 0 Å². The molecule has 0 atom stereocenters. The number of fused-ring (bicyclic) bond motifs is 1. The summed E-state index contributed by atoms with van der Waals surface area (Å²) in [5, 5.41) is 0. The zero-order chi connectivity index (χ0) is 8.77. The second-order valence-electron chi connectivity index (χ2n) is 2.37. The van der Waals surface area contributed by atoms with Crippen molar-refractivity contribution in [1.82, 2.24) is 0 Å². The molecule has 1 aliphatic heterocycles. The van der Waals surface area contributed by atoms with Crippen LogP contribution in [0, 0.1) is 0 Å². The molecule has 1 aromatic rings. The molecule has 1 heterocycles. The van der Waals surface area contributed by atoms with Crippen molar-refractivity contribution in [2.75, 3.05) is 0 Å². The van der Waals surface area contributed by atoms with E-state index in [9.17, 15) is 13.2 Å². The van der Waals surface area contributed by atoms with Crippen molar-refractivity contribution in [1.29, 1.82) is 0 Å². The number of hydrogen-bond acceptors (Lipinski definition) is 3. The molecule has 0 aromatic heterocycles. The van der Waals surface area contributed by atoms with Crippen LogP contribution in [0.2, 0.25) is 0 Å². The summed E-state index contributed by atoms with van der Waals surface area (Å²) in [5.41, 5.74) is 0.164. The van der Waals surface area contributed by atoms with Crippen LogP contribution >= 0.6 is 0 Å². The van der Waals surface area contributed by atoms with E-state index in [1.165, 1.54) is 12.1 Å². The SMILES string of the molecule is C.O=C1[N-]S(=O)(=O)c2ccccc21.[Na+]. The zero-order valence-corrected chi connectivity index (χ0v) is 9.71. The van der Waals surface area contributed by atoms with E-state index in [1.54, 1.807) is 12.1 Å². The minimum Gasteiger partial charge on any atom is -0.537 e. The third-order valence-electron chi connectivity index (χ3n) is 1.60. The van der Waals surface area contributed by atoms with Gasteiger partial charge < -0.3 is 9.52 Å². The fourth-order valence-corrected chi connectivity index (χ4v) is 2.17. The summed E-state index contributed by atoms with van der Waals surface area (Å²) in [5.74, 6) is -0.675. The second kappa shape index (κ2) is 4.44. The molecule has 0 saturated carbocycles. The molecule has 4 nitrogen and oxygen atoms in total. The third-order valence-corrected chi connectivity index (χ3v) is 2.92. The first kappa shape index (κ1) is 13.6. The average molecular weight is 221 g/mol. The Hall–Kier alpha value is -0.360. The Morgan fingerprint density at radius 3 is 2.29 bits per heavy atom. The quantitative estimate of drug-likeness (QED) is 0.503. The fourth-order valence-electron chi connectivity index (χ4n) is 1.08. The van der Waals surface area contributed by atoms with Gasteiger partial charge in [-0.1, -0.05) is 25.6 Å². The molecule has 0 unspecified atom stereocenters. The summed E-state index contributed by atoms with van der Waals surface area (Å²) in [6, 6.07) is 5.99. The van der Waals surface area contributed by atoms with Gasteiger partial charge in [-0.05, 0) is 6.07 Å². The first-order chi connectivity index (χ1) is 5.61. The van der Waals surface area contributed by atoms with Gasteiger partial charge >= 0.3 is 29.6 Å². The molecular formula is C8H8NNaO3S. The van der Waals surface area contributed by atoms with Crippen LogP contribution < -0.4 is 29.6 Å². The molecule has 0 bridgehead atoms. The van der Waals surface area contributed by atoms with Gasteiger partial charge in [0.1, 0.15) is 10.0 Å². The van der Waals surface area contributed by atoms with Gasteiger partial charge in [0, 0.05) is 5.56 Å². The maximum atomic E-state index is 11.1. The topological polar surface area (TPSA) is 65.3 Å². The van der Waals surface area contributed by atoms with Crippen LogP contribution in [0.25, 0.3) is 4.72 Å². The summed E-state index contributed by atoms with van der Waals surface area (Å²) in [4.78, 5) is 10.9. The molecule has 1 aromatic carbocycles. The Balaban J connectivity index is 0.000000845. The van der Waals surface area contributed by atoms with Crippen molar-refractivity contribution in [2.24, 2.45) is 0 Å². The molecule has 0 saturated heterocycles. The van der Waals surface area contributed by atoms with Gasteiger partial charge in [0.25, 0.3) is 0 Å². The smallest absolute Gasteiger partial charge is 0.537 e.